The molecule has 5 nitrogen and oxygen atoms in total. The van der Waals surface area contributed by atoms with Crippen molar-refractivity contribution in [2.45, 2.75) is 12.5 Å². The summed E-state index contributed by atoms with van der Waals surface area (Å²) in [4.78, 5) is 27.2. The van der Waals surface area contributed by atoms with Crippen molar-refractivity contribution < 1.29 is 19.2 Å². The Morgan fingerprint density at radius 2 is 2.50 bits per heavy atom. The van der Waals surface area contributed by atoms with Crippen molar-refractivity contribution in [2.75, 3.05) is 25.2 Å². The predicted octanol–water partition coefficient (Wildman–Crippen LogP) is 0.611. The minimum absolute atomic E-state index is 0.0227. The van der Waals surface area contributed by atoms with Crippen LogP contribution in [0.1, 0.15) is 6.42 Å². The van der Waals surface area contributed by atoms with Gasteiger partial charge >= 0.3 is 5.97 Å². The van der Waals surface area contributed by atoms with Crippen LogP contribution in [0, 0.1) is 0 Å². The Kier molecular flexibility index (Phi) is 5.34. The van der Waals surface area contributed by atoms with Crippen LogP contribution < -0.4 is 0 Å². The molecule has 1 aliphatic heterocycles. The maximum Gasteiger partial charge on any atom is 0.315 e. The smallest absolute Gasteiger partial charge is 0.315 e. The Balaban J connectivity index is 2.19. The van der Waals surface area contributed by atoms with E-state index in [1.165, 1.54) is 23.9 Å². The normalized spacial score (nSPS) is 19.2. The average molecular weight is 245 g/mol. The summed E-state index contributed by atoms with van der Waals surface area (Å²) in [5.74, 6) is 0.703. The number of methoxy groups -OCH3 is 1. The van der Waals surface area contributed by atoms with Gasteiger partial charge in [-0.05, 0) is 0 Å². The van der Waals surface area contributed by atoms with Gasteiger partial charge in [0.05, 0.1) is 31.9 Å². The highest BCUT2D eigenvalue weighted by Gasteiger charge is 2.37. The molecule has 1 fully saturated rings. The van der Waals surface area contributed by atoms with Gasteiger partial charge in [-0.3, -0.25) is 14.4 Å². The maximum atomic E-state index is 11.2. The largest absolute Gasteiger partial charge is 0.468 e. The van der Waals surface area contributed by atoms with E-state index >= 15 is 0 Å². The van der Waals surface area contributed by atoms with Crippen molar-refractivity contribution in [1.29, 1.82) is 0 Å². The summed E-state index contributed by atoms with van der Waals surface area (Å²) in [6.07, 6.45) is 2.07. The lowest BCUT2D eigenvalue weighted by Crippen LogP contribution is -2.53. The van der Waals surface area contributed by atoms with Crippen molar-refractivity contribution in [3.05, 3.63) is 12.7 Å². The molecule has 0 aromatic carbocycles. The zero-order valence-corrected chi connectivity index (χ0v) is 10.00. The van der Waals surface area contributed by atoms with Gasteiger partial charge in [-0.2, -0.15) is 0 Å². The minimum atomic E-state index is -0.255. The number of amides is 1. The minimum Gasteiger partial charge on any atom is -0.468 e. The Hall–Kier alpha value is -1.01. The summed E-state index contributed by atoms with van der Waals surface area (Å²) in [6.45, 7) is 3.83. The molecule has 1 unspecified atom stereocenters. The van der Waals surface area contributed by atoms with E-state index in [4.69, 9.17) is 4.84 Å². The first-order chi connectivity index (χ1) is 7.69. The molecule has 0 N–H and O–H groups in total. The summed E-state index contributed by atoms with van der Waals surface area (Å²) in [5.41, 5.74) is 0. The van der Waals surface area contributed by atoms with Crippen LogP contribution in [0.15, 0.2) is 12.7 Å². The van der Waals surface area contributed by atoms with Crippen molar-refractivity contribution in [2.24, 2.45) is 0 Å². The summed E-state index contributed by atoms with van der Waals surface area (Å²) in [5, 5.41) is 1.35. The fourth-order valence-electron chi connectivity index (χ4n) is 1.24. The molecule has 1 heterocycles. The first-order valence-corrected chi connectivity index (χ1v) is 6.05. The first-order valence-electron chi connectivity index (χ1n) is 4.89. The molecular formula is C10H15NO4S. The lowest BCUT2D eigenvalue weighted by atomic mass is 10.1. The van der Waals surface area contributed by atoms with Crippen LogP contribution in [0.2, 0.25) is 0 Å². The van der Waals surface area contributed by atoms with Crippen molar-refractivity contribution in [3.8, 4) is 0 Å². The van der Waals surface area contributed by atoms with E-state index in [2.05, 4.69) is 11.3 Å². The van der Waals surface area contributed by atoms with Gasteiger partial charge in [0.2, 0.25) is 5.91 Å². The summed E-state index contributed by atoms with van der Waals surface area (Å²) in [6, 6.07) is 0.0575. The Bertz CT molecular complexity index is 282. The number of carbonyl (C=O) groups is 2. The number of rotatable bonds is 7. The van der Waals surface area contributed by atoms with Gasteiger partial charge in [0.15, 0.2) is 0 Å². The molecule has 0 aliphatic carbocycles. The molecule has 90 valence electrons. The van der Waals surface area contributed by atoms with Gasteiger partial charge in [-0.15, -0.1) is 18.3 Å². The zero-order chi connectivity index (χ0) is 12.0. The summed E-state index contributed by atoms with van der Waals surface area (Å²) in [7, 11) is 1.36. The zero-order valence-electron chi connectivity index (χ0n) is 9.18. The van der Waals surface area contributed by atoms with Crippen LogP contribution in [0.25, 0.3) is 0 Å². The molecule has 1 amide bonds. The number of hydrogen-bond donors (Lipinski definition) is 0. The predicted molar refractivity (Wildman–Crippen MR) is 60.7 cm³/mol. The third-order valence-corrected chi connectivity index (χ3v) is 3.14. The lowest BCUT2D eigenvalue weighted by molar-refractivity contribution is -0.219. The highest BCUT2D eigenvalue weighted by Crippen LogP contribution is 2.23. The number of esters is 1. The fraction of sp³-hybridized carbons (Fsp3) is 0.600. The Labute approximate surface area is 98.7 Å². The standard InChI is InChI=1S/C10H15NO4S/c1-3-4-15-11-8(5-9(11)12)6-16-7-10(13)14-2/h3,8H,1,4-7H2,2H3. The summed E-state index contributed by atoms with van der Waals surface area (Å²) >= 11 is 1.43. The molecule has 0 aromatic heterocycles. The van der Waals surface area contributed by atoms with E-state index in [0.29, 0.717) is 24.5 Å². The number of hydrogen-bond acceptors (Lipinski definition) is 5. The van der Waals surface area contributed by atoms with Crippen LogP contribution in [0.3, 0.4) is 0 Å². The quantitative estimate of drug-likeness (QED) is 0.374. The topological polar surface area (TPSA) is 55.8 Å². The summed E-state index contributed by atoms with van der Waals surface area (Å²) < 4.78 is 4.51. The number of hydroxylamine groups is 2. The van der Waals surface area contributed by atoms with E-state index < -0.39 is 0 Å². The van der Waals surface area contributed by atoms with Gasteiger partial charge in [0, 0.05) is 5.75 Å². The molecule has 0 saturated carbocycles. The van der Waals surface area contributed by atoms with Crippen molar-refractivity contribution >= 4 is 23.6 Å². The SMILES string of the molecule is C=CCON1C(=O)CC1CSCC(=O)OC. The second kappa shape index (κ2) is 6.55. The average Bonchev–Trinajstić information content (AvgIpc) is 2.28. The molecule has 0 aromatic rings. The van der Waals surface area contributed by atoms with E-state index in [-0.39, 0.29) is 17.9 Å². The second-order valence-electron chi connectivity index (χ2n) is 3.25. The van der Waals surface area contributed by atoms with Gasteiger partial charge in [-0.1, -0.05) is 6.08 Å². The van der Waals surface area contributed by atoms with Crippen LogP contribution >= 0.6 is 11.8 Å². The van der Waals surface area contributed by atoms with Crippen LogP contribution in [0.5, 0.6) is 0 Å². The Morgan fingerprint density at radius 1 is 1.75 bits per heavy atom. The lowest BCUT2D eigenvalue weighted by Gasteiger charge is -2.38. The van der Waals surface area contributed by atoms with E-state index in [1.54, 1.807) is 6.08 Å². The second-order valence-corrected chi connectivity index (χ2v) is 4.28. The molecule has 1 atom stereocenters. The number of ether oxygens (including phenoxy) is 1. The molecule has 1 aliphatic rings. The molecule has 6 heteroatoms. The number of carbonyl (C=O) groups excluding carboxylic acids is 2. The molecule has 0 bridgehead atoms. The van der Waals surface area contributed by atoms with Crippen LogP contribution in [-0.2, 0) is 19.2 Å². The van der Waals surface area contributed by atoms with Crippen LogP contribution in [0.4, 0.5) is 0 Å². The Morgan fingerprint density at radius 3 is 3.06 bits per heavy atom. The molecule has 0 spiro atoms. The van der Waals surface area contributed by atoms with E-state index in [1.807, 2.05) is 0 Å². The van der Waals surface area contributed by atoms with E-state index in [9.17, 15) is 9.59 Å². The third kappa shape index (κ3) is 3.53. The van der Waals surface area contributed by atoms with E-state index in [0.717, 1.165) is 0 Å². The van der Waals surface area contributed by atoms with Gasteiger partial charge in [-0.25, -0.2) is 5.06 Å². The van der Waals surface area contributed by atoms with Crippen molar-refractivity contribution in [3.63, 3.8) is 0 Å². The number of thioether (sulfide) groups is 1. The fourth-order valence-corrected chi connectivity index (χ4v) is 2.17. The third-order valence-electron chi connectivity index (χ3n) is 2.08. The molecular weight excluding hydrogens is 230 g/mol. The monoisotopic (exact) mass is 245 g/mol. The first kappa shape index (κ1) is 13.1. The van der Waals surface area contributed by atoms with Gasteiger partial charge < -0.3 is 4.74 Å². The highest BCUT2D eigenvalue weighted by atomic mass is 32.2. The van der Waals surface area contributed by atoms with Crippen LogP contribution in [-0.4, -0.2) is 48.2 Å². The molecule has 1 saturated heterocycles. The van der Waals surface area contributed by atoms with Gasteiger partial charge in [0.25, 0.3) is 0 Å². The van der Waals surface area contributed by atoms with Gasteiger partial charge in [0.1, 0.15) is 0 Å². The molecule has 1 rings (SSSR count). The number of nitrogens with zero attached hydrogens (tertiary/aromatic N) is 1. The maximum absolute atomic E-state index is 11.2. The van der Waals surface area contributed by atoms with Crippen molar-refractivity contribution in [1.82, 2.24) is 5.06 Å². The molecule has 16 heavy (non-hydrogen) atoms. The molecule has 0 radical (unpaired) electrons. The highest BCUT2D eigenvalue weighted by molar-refractivity contribution is 7.99. The number of β-lactam (4-membered cyclic amide) rings is 1.